The molecular weight excluding hydrogens is 364 g/mol. The Morgan fingerprint density at radius 2 is 2.00 bits per heavy atom. The summed E-state index contributed by atoms with van der Waals surface area (Å²) in [7, 11) is 1.64. The average Bonchev–Trinajstić information content (AvgIpc) is 3.17. The van der Waals surface area contributed by atoms with E-state index in [-0.39, 0.29) is 5.91 Å². The molecule has 6 nitrogen and oxygen atoms in total. The van der Waals surface area contributed by atoms with Crippen molar-refractivity contribution in [3.05, 3.63) is 95.7 Å². The lowest BCUT2D eigenvalue weighted by Gasteiger charge is -2.23. The Morgan fingerprint density at radius 1 is 1.14 bits per heavy atom. The zero-order chi connectivity index (χ0) is 20.2. The van der Waals surface area contributed by atoms with Crippen LogP contribution in [-0.2, 0) is 13.1 Å². The van der Waals surface area contributed by atoms with Gasteiger partial charge in [0.1, 0.15) is 17.1 Å². The first-order valence-electron chi connectivity index (χ1n) is 9.39. The molecule has 4 aromatic rings. The van der Waals surface area contributed by atoms with E-state index in [1.807, 2.05) is 66.1 Å². The molecule has 0 fully saturated rings. The van der Waals surface area contributed by atoms with Gasteiger partial charge in [0.05, 0.1) is 13.7 Å². The number of methoxy groups -OCH3 is 1. The topological polar surface area (TPSA) is 59.7 Å². The molecule has 0 saturated carbocycles. The summed E-state index contributed by atoms with van der Waals surface area (Å²) in [6.07, 6.45) is 7.19. The van der Waals surface area contributed by atoms with Gasteiger partial charge in [-0.05, 0) is 42.3 Å². The molecule has 146 valence electrons. The largest absolute Gasteiger partial charge is 0.496 e. The van der Waals surface area contributed by atoms with Crippen molar-refractivity contribution in [1.29, 1.82) is 0 Å². The minimum Gasteiger partial charge on any atom is -0.496 e. The molecule has 0 aliphatic rings. The molecule has 0 spiro atoms. The van der Waals surface area contributed by atoms with Crippen LogP contribution in [0.4, 0.5) is 0 Å². The van der Waals surface area contributed by atoms with E-state index in [1.54, 1.807) is 30.6 Å². The van der Waals surface area contributed by atoms with Gasteiger partial charge in [-0.2, -0.15) is 0 Å². The fourth-order valence-electron chi connectivity index (χ4n) is 3.30. The quantitative estimate of drug-likeness (QED) is 0.504. The molecule has 1 aromatic carbocycles. The third kappa shape index (κ3) is 4.11. The summed E-state index contributed by atoms with van der Waals surface area (Å²) in [5, 5.41) is 0. The van der Waals surface area contributed by atoms with Gasteiger partial charge in [-0.1, -0.05) is 24.3 Å². The summed E-state index contributed by atoms with van der Waals surface area (Å²) in [5.41, 5.74) is 4.16. The Hall–Kier alpha value is -3.67. The second kappa shape index (κ2) is 8.14. The summed E-state index contributed by atoms with van der Waals surface area (Å²) in [6, 6.07) is 15.5. The number of aryl methyl sites for hydroxylation is 1. The summed E-state index contributed by atoms with van der Waals surface area (Å²) < 4.78 is 7.34. The number of nitrogens with zero attached hydrogens (tertiary/aromatic N) is 4. The van der Waals surface area contributed by atoms with Gasteiger partial charge in [0.15, 0.2) is 0 Å². The van der Waals surface area contributed by atoms with Crippen molar-refractivity contribution in [2.24, 2.45) is 0 Å². The number of ether oxygens (including phenoxy) is 1. The van der Waals surface area contributed by atoms with Gasteiger partial charge in [-0.25, -0.2) is 4.98 Å². The highest BCUT2D eigenvalue weighted by Gasteiger charge is 2.21. The number of rotatable bonds is 6. The molecule has 0 saturated heterocycles. The van der Waals surface area contributed by atoms with Crippen molar-refractivity contribution in [2.45, 2.75) is 20.0 Å². The molecule has 0 radical (unpaired) electrons. The zero-order valence-corrected chi connectivity index (χ0v) is 16.4. The van der Waals surface area contributed by atoms with E-state index in [2.05, 4.69) is 9.97 Å². The SMILES string of the molecule is COc1ccccc1CN(Cc1cccnc1)C(=O)c1cn2ccc(C)cc2n1. The molecule has 0 aliphatic heterocycles. The van der Waals surface area contributed by atoms with Crippen molar-refractivity contribution in [2.75, 3.05) is 7.11 Å². The Balaban J connectivity index is 1.68. The first-order chi connectivity index (χ1) is 14.1. The van der Waals surface area contributed by atoms with Crippen LogP contribution < -0.4 is 4.74 Å². The van der Waals surface area contributed by atoms with Crippen molar-refractivity contribution < 1.29 is 9.53 Å². The average molecular weight is 386 g/mol. The summed E-state index contributed by atoms with van der Waals surface area (Å²) in [6.45, 7) is 2.84. The molecule has 0 aliphatic carbocycles. The lowest BCUT2D eigenvalue weighted by molar-refractivity contribution is 0.0723. The highest BCUT2D eigenvalue weighted by Crippen LogP contribution is 2.22. The van der Waals surface area contributed by atoms with Crippen molar-refractivity contribution in [3.8, 4) is 5.75 Å². The number of pyridine rings is 2. The molecule has 4 rings (SSSR count). The van der Waals surface area contributed by atoms with Crippen LogP contribution in [0, 0.1) is 6.92 Å². The lowest BCUT2D eigenvalue weighted by atomic mass is 10.1. The number of benzene rings is 1. The van der Waals surface area contributed by atoms with Crippen LogP contribution in [0.3, 0.4) is 0 Å². The molecule has 0 atom stereocenters. The number of carbonyl (C=O) groups is 1. The van der Waals surface area contributed by atoms with E-state index in [4.69, 9.17) is 4.74 Å². The van der Waals surface area contributed by atoms with Crippen LogP contribution in [0.5, 0.6) is 5.75 Å². The van der Waals surface area contributed by atoms with Gasteiger partial charge in [-0.3, -0.25) is 9.78 Å². The number of aromatic nitrogens is 3. The van der Waals surface area contributed by atoms with E-state index < -0.39 is 0 Å². The lowest BCUT2D eigenvalue weighted by Crippen LogP contribution is -2.30. The Labute approximate surface area is 169 Å². The predicted octanol–water partition coefficient (Wildman–Crippen LogP) is 3.89. The molecule has 6 heteroatoms. The minimum absolute atomic E-state index is 0.138. The molecule has 0 bridgehead atoms. The number of amides is 1. The van der Waals surface area contributed by atoms with Gasteiger partial charge in [0, 0.05) is 36.9 Å². The molecule has 3 heterocycles. The number of carbonyl (C=O) groups excluding carboxylic acids is 1. The van der Waals surface area contributed by atoms with Gasteiger partial charge in [0.25, 0.3) is 5.91 Å². The second-order valence-corrected chi connectivity index (χ2v) is 6.93. The van der Waals surface area contributed by atoms with Crippen molar-refractivity contribution >= 4 is 11.6 Å². The zero-order valence-electron chi connectivity index (χ0n) is 16.4. The first kappa shape index (κ1) is 18.7. The standard InChI is InChI=1S/C23H22N4O2/c1-17-9-11-26-16-20(25-22(26)12-17)23(28)27(14-18-6-5-10-24-13-18)15-19-7-3-4-8-21(19)29-2/h3-13,16H,14-15H2,1-2H3. The van der Waals surface area contributed by atoms with E-state index in [0.29, 0.717) is 18.8 Å². The highest BCUT2D eigenvalue weighted by atomic mass is 16.5. The fraction of sp³-hybridized carbons (Fsp3) is 0.174. The maximum Gasteiger partial charge on any atom is 0.274 e. The number of hydrogen-bond acceptors (Lipinski definition) is 4. The smallest absolute Gasteiger partial charge is 0.274 e. The van der Waals surface area contributed by atoms with Gasteiger partial charge in [0.2, 0.25) is 0 Å². The molecular formula is C23H22N4O2. The van der Waals surface area contributed by atoms with E-state index >= 15 is 0 Å². The van der Waals surface area contributed by atoms with E-state index in [9.17, 15) is 4.79 Å². The monoisotopic (exact) mass is 386 g/mol. The number of fused-ring (bicyclic) bond motifs is 1. The van der Waals surface area contributed by atoms with Crippen LogP contribution in [0.15, 0.2) is 73.3 Å². The van der Waals surface area contributed by atoms with Crippen LogP contribution >= 0.6 is 0 Å². The van der Waals surface area contributed by atoms with Crippen LogP contribution in [0.25, 0.3) is 5.65 Å². The van der Waals surface area contributed by atoms with Gasteiger partial charge in [-0.15, -0.1) is 0 Å². The summed E-state index contributed by atoms with van der Waals surface area (Å²) >= 11 is 0. The number of imidazole rings is 1. The van der Waals surface area contributed by atoms with E-state index in [0.717, 1.165) is 28.1 Å². The minimum atomic E-state index is -0.138. The predicted molar refractivity (Wildman–Crippen MR) is 111 cm³/mol. The first-order valence-corrected chi connectivity index (χ1v) is 9.39. The second-order valence-electron chi connectivity index (χ2n) is 6.93. The van der Waals surface area contributed by atoms with Crippen LogP contribution in [-0.4, -0.2) is 32.3 Å². The highest BCUT2D eigenvalue weighted by molar-refractivity contribution is 5.93. The van der Waals surface area contributed by atoms with E-state index in [1.165, 1.54) is 0 Å². The molecule has 1 amide bonds. The Morgan fingerprint density at radius 3 is 2.79 bits per heavy atom. The molecule has 0 unspecified atom stereocenters. The third-order valence-electron chi connectivity index (χ3n) is 4.77. The molecule has 29 heavy (non-hydrogen) atoms. The normalized spacial score (nSPS) is 10.8. The molecule has 3 aromatic heterocycles. The summed E-state index contributed by atoms with van der Waals surface area (Å²) in [4.78, 5) is 23.9. The maximum atomic E-state index is 13.4. The number of para-hydroxylation sites is 1. The number of hydrogen-bond donors (Lipinski definition) is 0. The van der Waals surface area contributed by atoms with Crippen molar-refractivity contribution in [1.82, 2.24) is 19.3 Å². The fourth-order valence-corrected chi connectivity index (χ4v) is 3.30. The van der Waals surface area contributed by atoms with Crippen LogP contribution in [0.1, 0.15) is 27.2 Å². The molecule has 0 N–H and O–H groups in total. The third-order valence-corrected chi connectivity index (χ3v) is 4.77. The Kier molecular flexibility index (Phi) is 5.24. The summed E-state index contributed by atoms with van der Waals surface area (Å²) in [5.74, 6) is 0.614. The Bertz CT molecular complexity index is 1140. The maximum absolute atomic E-state index is 13.4. The van der Waals surface area contributed by atoms with Gasteiger partial charge >= 0.3 is 0 Å². The van der Waals surface area contributed by atoms with Crippen molar-refractivity contribution in [3.63, 3.8) is 0 Å². The van der Waals surface area contributed by atoms with Crippen LogP contribution in [0.2, 0.25) is 0 Å². The van der Waals surface area contributed by atoms with Gasteiger partial charge < -0.3 is 14.0 Å².